The monoisotopic (exact) mass is 869 g/mol. The van der Waals surface area contributed by atoms with E-state index in [0.29, 0.717) is 19.3 Å². The third kappa shape index (κ3) is 48.4. The van der Waals surface area contributed by atoms with Gasteiger partial charge in [-0.15, -0.1) is 0 Å². The number of unbranched alkanes of at least 4 members (excludes halogenated alkanes) is 29. The lowest BCUT2D eigenvalue weighted by atomic mass is 10.0. The third-order valence-corrected chi connectivity index (χ3v) is 11.6. The standard InChI is InChI=1S/C56H100O6/c1-4-7-10-13-16-19-22-24-26-27-28-29-31-32-34-37-40-43-46-49-55(58)61-52-53(51-60-54(57)48-45-42-39-36-21-18-15-12-9-6-3)62-56(59)50-47-44-41-38-35-33-30-25-23-20-17-14-11-8-5-2/h7,10,16,19,24,26,28-29,53H,4-6,8-9,11-15,17-18,20-23,25,27,30-52H2,1-3H3/b10-7-,19-16-,26-24-,29-28-. The molecule has 0 aromatic carbocycles. The molecular formula is C56H100O6. The van der Waals surface area contributed by atoms with Crippen LogP contribution in [0.4, 0.5) is 0 Å². The van der Waals surface area contributed by atoms with Crippen molar-refractivity contribution in [2.75, 3.05) is 13.2 Å². The fourth-order valence-electron chi connectivity index (χ4n) is 7.61. The van der Waals surface area contributed by atoms with E-state index in [0.717, 1.165) is 89.9 Å². The van der Waals surface area contributed by atoms with Crippen molar-refractivity contribution in [2.24, 2.45) is 0 Å². The number of carbonyl (C=O) groups excluding carboxylic acids is 3. The molecule has 0 rings (SSSR count). The Morgan fingerprint density at radius 1 is 0.339 bits per heavy atom. The van der Waals surface area contributed by atoms with Gasteiger partial charge in [-0.25, -0.2) is 0 Å². The summed E-state index contributed by atoms with van der Waals surface area (Å²) >= 11 is 0. The Bertz CT molecular complexity index is 1090. The van der Waals surface area contributed by atoms with Crippen LogP contribution < -0.4 is 0 Å². The molecule has 0 radical (unpaired) electrons. The van der Waals surface area contributed by atoms with Gasteiger partial charge in [0.25, 0.3) is 0 Å². The van der Waals surface area contributed by atoms with E-state index in [1.165, 1.54) is 141 Å². The Balaban J connectivity index is 4.33. The second-order valence-electron chi connectivity index (χ2n) is 17.8. The summed E-state index contributed by atoms with van der Waals surface area (Å²) in [7, 11) is 0. The van der Waals surface area contributed by atoms with Crippen LogP contribution in [-0.2, 0) is 28.6 Å². The fourth-order valence-corrected chi connectivity index (χ4v) is 7.61. The summed E-state index contributed by atoms with van der Waals surface area (Å²) in [5, 5.41) is 0. The molecule has 360 valence electrons. The molecule has 0 aromatic rings. The molecule has 0 aliphatic heterocycles. The predicted molar refractivity (Wildman–Crippen MR) is 265 cm³/mol. The molecule has 0 aliphatic carbocycles. The summed E-state index contributed by atoms with van der Waals surface area (Å²) in [5.74, 6) is -0.879. The summed E-state index contributed by atoms with van der Waals surface area (Å²) in [6.07, 6.45) is 60.9. The predicted octanol–water partition coefficient (Wildman–Crippen LogP) is 17.5. The lowest BCUT2D eigenvalue weighted by Crippen LogP contribution is -2.30. The SMILES string of the molecule is CC/C=C\C/C=C\C/C=C\C/C=C\CCCCCCCCC(=O)OCC(COC(=O)CCCCCCCCCCCC)OC(=O)CCCCCCCCCCCCCCCCC. The molecule has 0 saturated heterocycles. The minimum Gasteiger partial charge on any atom is -0.462 e. The summed E-state index contributed by atoms with van der Waals surface area (Å²) in [4.78, 5) is 38.0. The van der Waals surface area contributed by atoms with Crippen LogP contribution in [0.25, 0.3) is 0 Å². The van der Waals surface area contributed by atoms with E-state index in [1.807, 2.05) is 0 Å². The Morgan fingerprint density at radius 2 is 0.629 bits per heavy atom. The number of hydrogen-bond acceptors (Lipinski definition) is 6. The number of esters is 3. The van der Waals surface area contributed by atoms with Crippen LogP contribution in [0.15, 0.2) is 48.6 Å². The smallest absolute Gasteiger partial charge is 0.306 e. The Kier molecular flexibility index (Phi) is 48.8. The third-order valence-electron chi connectivity index (χ3n) is 11.6. The minimum atomic E-state index is -0.773. The van der Waals surface area contributed by atoms with E-state index in [-0.39, 0.29) is 31.1 Å². The summed E-state index contributed by atoms with van der Waals surface area (Å²) in [5.41, 5.74) is 0. The van der Waals surface area contributed by atoms with Crippen LogP contribution in [0.1, 0.15) is 271 Å². The van der Waals surface area contributed by atoms with E-state index >= 15 is 0 Å². The number of rotatable bonds is 48. The number of carbonyl (C=O) groups is 3. The van der Waals surface area contributed by atoms with E-state index in [1.54, 1.807) is 0 Å². The highest BCUT2D eigenvalue weighted by Gasteiger charge is 2.19. The first-order valence-corrected chi connectivity index (χ1v) is 26.6. The van der Waals surface area contributed by atoms with Gasteiger partial charge in [-0.05, 0) is 57.8 Å². The molecule has 0 aromatic heterocycles. The highest BCUT2D eigenvalue weighted by Crippen LogP contribution is 2.16. The van der Waals surface area contributed by atoms with E-state index in [9.17, 15) is 14.4 Å². The van der Waals surface area contributed by atoms with Gasteiger partial charge in [-0.2, -0.15) is 0 Å². The lowest BCUT2D eigenvalue weighted by molar-refractivity contribution is -0.167. The second-order valence-corrected chi connectivity index (χ2v) is 17.8. The maximum atomic E-state index is 12.8. The molecule has 0 N–H and O–H groups in total. The van der Waals surface area contributed by atoms with Crippen LogP contribution in [0.5, 0.6) is 0 Å². The molecule has 6 nitrogen and oxygen atoms in total. The largest absolute Gasteiger partial charge is 0.462 e. The lowest BCUT2D eigenvalue weighted by Gasteiger charge is -2.18. The van der Waals surface area contributed by atoms with Gasteiger partial charge in [-0.3, -0.25) is 14.4 Å². The normalized spacial score (nSPS) is 12.4. The van der Waals surface area contributed by atoms with Crippen molar-refractivity contribution in [3.63, 3.8) is 0 Å². The van der Waals surface area contributed by atoms with Crippen molar-refractivity contribution >= 4 is 17.9 Å². The zero-order chi connectivity index (χ0) is 45.1. The Hall–Kier alpha value is -2.63. The van der Waals surface area contributed by atoms with Crippen molar-refractivity contribution < 1.29 is 28.6 Å². The van der Waals surface area contributed by atoms with Crippen LogP contribution in [0, 0.1) is 0 Å². The van der Waals surface area contributed by atoms with Gasteiger partial charge in [0.2, 0.25) is 0 Å². The maximum absolute atomic E-state index is 12.8. The highest BCUT2D eigenvalue weighted by atomic mass is 16.6. The van der Waals surface area contributed by atoms with E-state index < -0.39 is 6.10 Å². The Morgan fingerprint density at radius 3 is 0.984 bits per heavy atom. The first-order valence-electron chi connectivity index (χ1n) is 26.6. The molecule has 0 aliphatic rings. The van der Waals surface area contributed by atoms with Crippen LogP contribution in [-0.4, -0.2) is 37.2 Å². The maximum Gasteiger partial charge on any atom is 0.306 e. The van der Waals surface area contributed by atoms with Crippen molar-refractivity contribution in [1.29, 1.82) is 0 Å². The molecule has 1 unspecified atom stereocenters. The van der Waals surface area contributed by atoms with E-state index in [2.05, 4.69) is 69.4 Å². The molecule has 1 atom stereocenters. The Labute approximate surface area is 384 Å². The van der Waals surface area contributed by atoms with Gasteiger partial charge in [0, 0.05) is 19.3 Å². The van der Waals surface area contributed by atoms with Crippen molar-refractivity contribution in [3.05, 3.63) is 48.6 Å². The number of allylic oxidation sites excluding steroid dienone is 8. The zero-order valence-electron chi connectivity index (χ0n) is 41.1. The molecule has 0 spiro atoms. The van der Waals surface area contributed by atoms with Crippen LogP contribution >= 0.6 is 0 Å². The fraction of sp³-hybridized carbons (Fsp3) is 0.804. The molecule has 0 amide bonds. The molecular weight excluding hydrogens is 769 g/mol. The first-order chi connectivity index (χ1) is 30.5. The molecule has 0 fully saturated rings. The summed E-state index contributed by atoms with van der Waals surface area (Å²) < 4.78 is 16.8. The second kappa shape index (κ2) is 51.0. The van der Waals surface area contributed by atoms with Crippen molar-refractivity contribution in [2.45, 2.75) is 277 Å². The topological polar surface area (TPSA) is 78.9 Å². The minimum absolute atomic E-state index is 0.0740. The summed E-state index contributed by atoms with van der Waals surface area (Å²) in [6.45, 7) is 6.52. The molecule has 0 bridgehead atoms. The molecule has 0 heterocycles. The van der Waals surface area contributed by atoms with Gasteiger partial charge >= 0.3 is 17.9 Å². The average Bonchev–Trinajstić information content (AvgIpc) is 3.27. The zero-order valence-corrected chi connectivity index (χ0v) is 41.1. The van der Waals surface area contributed by atoms with Crippen molar-refractivity contribution in [1.82, 2.24) is 0 Å². The van der Waals surface area contributed by atoms with Crippen LogP contribution in [0.3, 0.4) is 0 Å². The average molecular weight is 869 g/mol. The van der Waals surface area contributed by atoms with Gasteiger partial charge in [0.1, 0.15) is 13.2 Å². The number of ether oxygens (including phenoxy) is 3. The van der Waals surface area contributed by atoms with Gasteiger partial charge in [0.15, 0.2) is 6.10 Å². The summed E-state index contributed by atoms with van der Waals surface area (Å²) in [6, 6.07) is 0. The van der Waals surface area contributed by atoms with Crippen molar-refractivity contribution in [3.8, 4) is 0 Å². The van der Waals surface area contributed by atoms with Gasteiger partial charge in [-0.1, -0.05) is 243 Å². The quantitative estimate of drug-likeness (QED) is 0.0262. The van der Waals surface area contributed by atoms with Gasteiger partial charge < -0.3 is 14.2 Å². The first kappa shape index (κ1) is 59.4. The molecule has 0 saturated carbocycles. The molecule has 6 heteroatoms. The van der Waals surface area contributed by atoms with Gasteiger partial charge in [0.05, 0.1) is 0 Å². The van der Waals surface area contributed by atoms with E-state index in [4.69, 9.17) is 14.2 Å². The molecule has 62 heavy (non-hydrogen) atoms. The highest BCUT2D eigenvalue weighted by molar-refractivity contribution is 5.71. The van der Waals surface area contributed by atoms with Crippen LogP contribution in [0.2, 0.25) is 0 Å². The number of hydrogen-bond donors (Lipinski definition) is 0.